The molecule has 0 radical (unpaired) electrons. The maximum atomic E-state index is 13.3. The zero-order valence-corrected chi connectivity index (χ0v) is 20.3. The van der Waals surface area contributed by atoms with Crippen molar-refractivity contribution in [2.24, 2.45) is 11.8 Å². The molecule has 2 aromatic rings. The van der Waals surface area contributed by atoms with E-state index in [0.29, 0.717) is 65.5 Å². The highest BCUT2D eigenvalue weighted by molar-refractivity contribution is 9.10. The van der Waals surface area contributed by atoms with Crippen molar-refractivity contribution < 1.29 is 19.1 Å². The van der Waals surface area contributed by atoms with Gasteiger partial charge in [0.05, 0.1) is 35.8 Å². The molecule has 0 bridgehead atoms. The number of anilines is 1. The number of hydrogen-bond donors (Lipinski definition) is 1. The molecule has 0 saturated carbocycles. The van der Waals surface area contributed by atoms with Crippen LogP contribution in [0.3, 0.4) is 0 Å². The first kappa shape index (κ1) is 23.7. The standard InChI is InChI=1S/C25H24BrClN2O4/c26-16-9-10-22(20(15-16)23(30)19-7-3-4-8-21(19)27)28-24(31)17-5-1-2-6-18(17)25(32)29-11-13-33-14-12-29/h1-4,7-10,15,17-18H,5-6,11-14H2,(H,28,31). The van der Waals surface area contributed by atoms with Crippen LogP contribution in [0.1, 0.15) is 28.8 Å². The number of allylic oxidation sites excluding steroid dienone is 2. The molecule has 1 aliphatic heterocycles. The van der Waals surface area contributed by atoms with Crippen molar-refractivity contribution in [1.29, 1.82) is 0 Å². The van der Waals surface area contributed by atoms with Crippen LogP contribution in [-0.2, 0) is 14.3 Å². The predicted molar refractivity (Wildman–Crippen MR) is 130 cm³/mol. The SMILES string of the molecule is O=C(c1ccccc1Cl)c1cc(Br)ccc1NC(=O)C1CC=CCC1C(=O)N1CCOCC1. The van der Waals surface area contributed by atoms with E-state index < -0.39 is 11.8 Å². The second kappa shape index (κ2) is 10.6. The fourth-order valence-electron chi connectivity index (χ4n) is 4.22. The van der Waals surface area contributed by atoms with E-state index in [0.717, 1.165) is 0 Å². The van der Waals surface area contributed by atoms with Crippen molar-refractivity contribution in [3.05, 3.63) is 75.2 Å². The van der Waals surface area contributed by atoms with Crippen molar-refractivity contribution in [3.63, 3.8) is 0 Å². The molecule has 1 heterocycles. The Morgan fingerprint density at radius 3 is 2.39 bits per heavy atom. The summed E-state index contributed by atoms with van der Waals surface area (Å²) in [6, 6.07) is 11.9. The Labute approximate surface area is 206 Å². The second-order valence-corrected chi connectivity index (χ2v) is 9.40. The normalized spacial score (nSPS) is 20.4. The average Bonchev–Trinajstić information content (AvgIpc) is 2.85. The number of amides is 2. The first-order chi connectivity index (χ1) is 16.0. The molecule has 1 N–H and O–H groups in total. The third-order valence-corrected chi connectivity index (χ3v) is 6.83. The minimum atomic E-state index is -0.516. The minimum absolute atomic E-state index is 0.0222. The van der Waals surface area contributed by atoms with Gasteiger partial charge in [-0.1, -0.05) is 51.8 Å². The zero-order valence-electron chi connectivity index (χ0n) is 17.9. The molecule has 1 aliphatic carbocycles. The van der Waals surface area contributed by atoms with E-state index in [1.807, 2.05) is 12.2 Å². The van der Waals surface area contributed by atoms with Crippen LogP contribution in [0.5, 0.6) is 0 Å². The highest BCUT2D eigenvalue weighted by Gasteiger charge is 2.37. The topological polar surface area (TPSA) is 75.7 Å². The number of nitrogens with one attached hydrogen (secondary N) is 1. The van der Waals surface area contributed by atoms with Gasteiger partial charge in [0.25, 0.3) is 0 Å². The molecule has 2 aliphatic rings. The van der Waals surface area contributed by atoms with Gasteiger partial charge in [-0.2, -0.15) is 0 Å². The molecule has 0 spiro atoms. The zero-order chi connectivity index (χ0) is 23.4. The summed E-state index contributed by atoms with van der Waals surface area (Å²) in [6.45, 7) is 2.10. The first-order valence-electron chi connectivity index (χ1n) is 10.9. The van der Waals surface area contributed by atoms with E-state index in [1.54, 1.807) is 47.4 Å². The summed E-state index contributed by atoms with van der Waals surface area (Å²) < 4.78 is 6.05. The van der Waals surface area contributed by atoms with Gasteiger partial charge >= 0.3 is 0 Å². The van der Waals surface area contributed by atoms with Crippen molar-refractivity contribution in [1.82, 2.24) is 4.90 Å². The lowest BCUT2D eigenvalue weighted by atomic mass is 9.81. The Kier molecular flexibility index (Phi) is 7.63. The van der Waals surface area contributed by atoms with Crippen LogP contribution in [0.2, 0.25) is 5.02 Å². The molecule has 2 aromatic carbocycles. The van der Waals surface area contributed by atoms with E-state index >= 15 is 0 Å². The average molecular weight is 532 g/mol. The number of morpholine rings is 1. The number of halogens is 2. The first-order valence-corrected chi connectivity index (χ1v) is 12.0. The summed E-state index contributed by atoms with van der Waals surface area (Å²) in [4.78, 5) is 41.5. The van der Waals surface area contributed by atoms with E-state index in [1.165, 1.54) is 0 Å². The van der Waals surface area contributed by atoms with E-state index in [2.05, 4.69) is 21.2 Å². The summed E-state index contributed by atoms with van der Waals surface area (Å²) >= 11 is 9.64. The molecule has 33 heavy (non-hydrogen) atoms. The molecule has 8 heteroatoms. The van der Waals surface area contributed by atoms with Crippen LogP contribution in [0.25, 0.3) is 0 Å². The summed E-state index contributed by atoms with van der Waals surface area (Å²) in [5.74, 6) is -1.54. The lowest BCUT2D eigenvalue weighted by molar-refractivity contribution is -0.144. The molecule has 4 rings (SSSR count). The number of ether oxygens (including phenoxy) is 1. The van der Waals surface area contributed by atoms with Gasteiger partial charge in [-0.3, -0.25) is 14.4 Å². The van der Waals surface area contributed by atoms with Crippen LogP contribution in [0.15, 0.2) is 59.1 Å². The number of hydrogen-bond acceptors (Lipinski definition) is 4. The third-order valence-electron chi connectivity index (χ3n) is 6.01. The van der Waals surface area contributed by atoms with Gasteiger partial charge in [0.2, 0.25) is 11.8 Å². The minimum Gasteiger partial charge on any atom is -0.378 e. The van der Waals surface area contributed by atoms with Gasteiger partial charge in [0, 0.05) is 28.7 Å². The lowest BCUT2D eigenvalue weighted by Crippen LogP contribution is -2.47. The maximum absolute atomic E-state index is 13.3. The van der Waals surface area contributed by atoms with Gasteiger partial charge in [-0.05, 0) is 43.2 Å². The molecule has 2 unspecified atom stereocenters. The Hall–Kier alpha value is -2.48. The molecular weight excluding hydrogens is 508 g/mol. The summed E-state index contributed by atoms with van der Waals surface area (Å²) in [5.41, 5.74) is 1.07. The largest absolute Gasteiger partial charge is 0.378 e. The van der Waals surface area contributed by atoms with Crippen LogP contribution in [-0.4, -0.2) is 48.8 Å². The highest BCUT2D eigenvalue weighted by atomic mass is 79.9. The maximum Gasteiger partial charge on any atom is 0.228 e. The molecule has 2 amide bonds. The van der Waals surface area contributed by atoms with Crippen molar-refractivity contribution in [2.45, 2.75) is 12.8 Å². The predicted octanol–water partition coefficient (Wildman–Crippen LogP) is 4.71. The molecule has 0 aromatic heterocycles. The van der Waals surface area contributed by atoms with Crippen molar-refractivity contribution in [2.75, 3.05) is 31.6 Å². The number of rotatable bonds is 5. The fourth-order valence-corrected chi connectivity index (χ4v) is 4.81. The summed E-state index contributed by atoms with van der Waals surface area (Å²) in [5, 5.41) is 3.25. The number of nitrogens with zero attached hydrogens (tertiary/aromatic N) is 1. The van der Waals surface area contributed by atoms with Crippen molar-refractivity contribution >= 4 is 50.8 Å². The molecule has 1 fully saturated rings. The summed E-state index contributed by atoms with van der Waals surface area (Å²) in [7, 11) is 0. The van der Waals surface area contributed by atoms with Gasteiger partial charge in [0.1, 0.15) is 0 Å². The third kappa shape index (κ3) is 5.37. The van der Waals surface area contributed by atoms with Crippen LogP contribution >= 0.6 is 27.5 Å². The van der Waals surface area contributed by atoms with Gasteiger partial charge < -0.3 is 15.0 Å². The molecule has 1 saturated heterocycles. The number of benzene rings is 2. The Balaban J connectivity index is 1.57. The number of carbonyl (C=O) groups excluding carboxylic acids is 3. The quantitative estimate of drug-likeness (QED) is 0.448. The Morgan fingerprint density at radius 2 is 1.67 bits per heavy atom. The van der Waals surface area contributed by atoms with Crippen LogP contribution in [0.4, 0.5) is 5.69 Å². The number of carbonyl (C=O) groups is 3. The molecule has 6 nitrogen and oxygen atoms in total. The van der Waals surface area contributed by atoms with Crippen LogP contribution < -0.4 is 5.32 Å². The fraction of sp³-hybridized carbons (Fsp3) is 0.320. The van der Waals surface area contributed by atoms with Crippen LogP contribution in [0, 0.1) is 11.8 Å². The van der Waals surface area contributed by atoms with Gasteiger partial charge in [-0.25, -0.2) is 0 Å². The van der Waals surface area contributed by atoms with Crippen molar-refractivity contribution in [3.8, 4) is 0 Å². The van der Waals surface area contributed by atoms with Gasteiger partial charge in [0.15, 0.2) is 5.78 Å². The summed E-state index contributed by atoms with van der Waals surface area (Å²) in [6.07, 6.45) is 4.88. The number of ketones is 1. The highest BCUT2D eigenvalue weighted by Crippen LogP contribution is 2.31. The molecule has 172 valence electrons. The van der Waals surface area contributed by atoms with Gasteiger partial charge in [-0.15, -0.1) is 0 Å². The van der Waals surface area contributed by atoms with E-state index in [4.69, 9.17) is 16.3 Å². The Morgan fingerprint density at radius 1 is 0.970 bits per heavy atom. The van der Waals surface area contributed by atoms with E-state index in [-0.39, 0.29) is 17.6 Å². The van der Waals surface area contributed by atoms with E-state index in [9.17, 15) is 14.4 Å². The smallest absolute Gasteiger partial charge is 0.228 e. The lowest BCUT2D eigenvalue weighted by Gasteiger charge is -2.34. The molecule has 2 atom stereocenters. The monoisotopic (exact) mass is 530 g/mol. The Bertz CT molecular complexity index is 1100. The second-order valence-electron chi connectivity index (χ2n) is 8.08. The molecular formula is C25H24BrClN2O4.